The number of ether oxygens (including phenoxy) is 2. The molecule has 26 heavy (non-hydrogen) atoms. The standard InChI is InChI=1S/C20H25N3O3/c1-2-25-17-5-7-18(8-6-17)26-20-12-15(9-11-22-20)14-23-19(24)13-16-4-3-10-21-16/h5-9,11-12,16,21H,2-4,10,13-14H2,1H3,(H,23,24). The molecule has 6 nitrogen and oxygen atoms in total. The van der Waals surface area contributed by atoms with Crippen LogP contribution in [0.5, 0.6) is 17.4 Å². The van der Waals surface area contributed by atoms with E-state index in [4.69, 9.17) is 9.47 Å². The zero-order valence-electron chi connectivity index (χ0n) is 15.0. The minimum Gasteiger partial charge on any atom is -0.494 e. The van der Waals surface area contributed by atoms with Crippen LogP contribution in [0.25, 0.3) is 0 Å². The molecule has 1 aromatic heterocycles. The van der Waals surface area contributed by atoms with Crippen LogP contribution in [-0.4, -0.2) is 30.1 Å². The van der Waals surface area contributed by atoms with Crippen molar-refractivity contribution in [1.29, 1.82) is 0 Å². The van der Waals surface area contributed by atoms with E-state index in [2.05, 4.69) is 15.6 Å². The lowest BCUT2D eigenvalue weighted by Gasteiger charge is -2.11. The molecule has 1 fully saturated rings. The van der Waals surface area contributed by atoms with Crippen molar-refractivity contribution in [2.24, 2.45) is 0 Å². The molecule has 2 aromatic rings. The summed E-state index contributed by atoms with van der Waals surface area (Å²) in [5, 5.41) is 6.29. The number of aromatic nitrogens is 1. The van der Waals surface area contributed by atoms with Crippen molar-refractivity contribution in [2.45, 2.75) is 38.8 Å². The van der Waals surface area contributed by atoms with Gasteiger partial charge in [0.05, 0.1) is 6.61 Å². The van der Waals surface area contributed by atoms with E-state index < -0.39 is 0 Å². The Bertz CT molecular complexity index is 712. The number of nitrogens with zero attached hydrogens (tertiary/aromatic N) is 1. The highest BCUT2D eigenvalue weighted by atomic mass is 16.5. The van der Waals surface area contributed by atoms with E-state index >= 15 is 0 Å². The molecule has 6 heteroatoms. The first-order valence-electron chi connectivity index (χ1n) is 9.08. The molecule has 3 rings (SSSR count). The minimum atomic E-state index is 0.0650. The molecule has 0 radical (unpaired) electrons. The van der Waals surface area contributed by atoms with Crippen molar-refractivity contribution in [3.8, 4) is 17.4 Å². The van der Waals surface area contributed by atoms with Gasteiger partial charge in [-0.2, -0.15) is 0 Å². The van der Waals surface area contributed by atoms with Gasteiger partial charge in [0.25, 0.3) is 0 Å². The molecule has 1 aliphatic rings. The summed E-state index contributed by atoms with van der Waals surface area (Å²) in [7, 11) is 0. The monoisotopic (exact) mass is 355 g/mol. The third kappa shape index (κ3) is 5.46. The number of carbonyl (C=O) groups is 1. The van der Waals surface area contributed by atoms with Crippen molar-refractivity contribution in [3.63, 3.8) is 0 Å². The van der Waals surface area contributed by atoms with E-state index in [0.717, 1.165) is 30.7 Å². The summed E-state index contributed by atoms with van der Waals surface area (Å²) in [5.41, 5.74) is 0.952. The molecule has 1 amide bonds. The fourth-order valence-electron chi connectivity index (χ4n) is 2.94. The number of pyridine rings is 1. The van der Waals surface area contributed by atoms with Gasteiger partial charge in [-0.15, -0.1) is 0 Å². The van der Waals surface area contributed by atoms with Crippen molar-refractivity contribution in [3.05, 3.63) is 48.2 Å². The second-order valence-electron chi connectivity index (χ2n) is 6.28. The first kappa shape index (κ1) is 18.2. The van der Waals surface area contributed by atoms with Crippen LogP contribution in [0.2, 0.25) is 0 Å². The quantitative estimate of drug-likeness (QED) is 0.761. The highest BCUT2D eigenvalue weighted by Gasteiger charge is 2.17. The van der Waals surface area contributed by atoms with Crippen molar-refractivity contribution in [2.75, 3.05) is 13.2 Å². The highest BCUT2D eigenvalue weighted by molar-refractivity contribution is 5.76. The van der Waals surface area contributed by atoms with Gasteiger partial charge < -0.3 is 20.1 Å². The topological polar surface area (TPSA) is 72.5 Å². The van der Waals surface area contributed by atoms with Gasteiger partial charge in [0.2, 0.25) is 11.8 Å². The summed E-state index contributed by atoms with van der Waals surface area (Å²) < 4.78 is 11.2. The summed E-state index contributed by atoms with van der Waals surface area (Å²) in [5.74, 6) is 2.06. The molecule has 1 atom stereocenters. The lowest BCUT2D eigenvalue weighted by molar-refractivity contribution is -0.121. The molecule has 0 bridgehead atoms. The Kier molecular flexibility index (Phi) is 6.44. The van der Waals surface area contributed by atoms with Gasteiger partial charge >= 0.3 is 0 Å². The Morgan fingerprint density at radius 2 is 2.08 bits per heavy atom. The molecule has 0 spiro atoms. The Balaban J connectivity index is 1.51. The lowest BCUT2D eigenvalue weighted by atomic mass is 10.1. The van der Waals surface area contributed by atoms with Gasteiger partial charge in [0.1, 0.15) is 11.5 Å². The molecule has 1 saturated heterocycles. The number of amides is 1. The van der Waals surface area contributed by atoms with Crippen LogP contribution in [0.15, 0.2) is 42.6 Å². The Morgan fingerprint density at radius 1 is 1.27 bits per heavy atom. The smallest absolute Gasteiger partial charge is 0.221 e. The summed E-state index contributed by atoms with van der Waals surface area (Å²) in [4.78, 5) is 16.3. The van der Waals surface area contributed by atoms with E-state index in [0.29, 0.717) is 37.2 Å². The largest absolute Gasteiger partial charge is 0.494 e. The van der Waals surface area contributed by atoms with Gasteiger partial charge in [-0.1, -0.05) is 0 Å². The number of rotatable bonds is 8. The summed E-state index contributed by atoms with van der Waals surface area (Å²) in [6.07, 6.45) is 4.43. The van der Waals surface area contributed by atoms with Gasteiger partial charge in [0.15, 0.2) is 0 Å². The van der Waals surface area contributed by atoms with Crippen molar-refractivity contribution >= 4 is 5.91 Å². The predicted molar refractivity (Wildman–Crippen MR) is 99.4 cm³/mol. The molecule has 1 aliphatic heterocycles. The molecule has 1 aromatic carbocycles. The normalized spacial score (nSPS) is 16.3. The third-order valence-corrected chi connectivity index (χ3v) is 4.24. The van der Waals surface area contributed by atoms with Crippen LogP contribution in [0.1, 0.15) is 31.7 Å². The molecule has 2 N–H and O–H groups in total. The van der Waals surface area contributed by atoms with E-state index in [1.807, 2.05) is 43.3 Å². The van der Waals surface area contributed by atoms with Gasteiger partial charge in [-0.05, 0) is 62.2 Å². The van der Waals surface area contributed by atoms with Crippen LogP contribution >= 0.6 is 0 Å². The molecule has 1 unspecified atom stereocenters. The van der Waals surface area contributed by atoms with Crippen LogP contribution in [0.3, 0.4) is 0 Å². The SMILES string of the molecule is CCOc1ccc(Oc2cc(CNC(=O)CC3CCCN3)ccn2)cc1. The van der Waals surface area contributed by atoms with E-state index in [1.165, 1.54) is 0 Å². The number of hydrogen-bond acceptors (Lipinski definition) is 5. The molecular weight excluding hydrogens is 330 g/mol. The Hall–Kier alpha value is -2.60. The first-order chi connectivity index (χ1) is 12.7. The summed E-state index contributed by atoms with van der Waals surface area (Å²) in [6, 6.07) is 11.4. The first-order valence-corrected chi connectivity index (χ1v) is 9.08. The maximum Gasteiger partial charge on any atom is 0.221 e. The molecule has 138 valence electrons. The molecule has 0 saturated carbocycles. The van der Waals surface area contributed by atoms with Gasteiger partial charge in [0, 0.05) is 31.3 Å². The van der Waals surface area contributed by atoms with Crippen LogP contribution in [0.4, 0.5) is 0 Å². The molecule has 2 heterocycles. The van der Waals surface area contributed by atoms with E-state index in [9.17, 15) is 4.79 Å². The summed E-state index contributed by atoms with van der Waals surface area (Å²) in [6.45, 7) is 4.05. The van der Waals surface area contributed by atoms with Crippen LogP contribution in [0, 0.1) is 0 Å². The lowest BCUT2D eigenvalue weighted by Crippen LogP contribution is -2.31. The predicted octanol–water partition coefficient (Wildman–Crippen LogP) is 3.03. The minimum absolute atomic E-state index is 0.0650. The zero-order chi connectivity index (χ0) is 18.2. The van der Waals surface area contributed by atoms with Gasteiger partial charge in [-0.3, -0.25) is 4.79 Å². The maximum absolute atomic E-state index is 12.0. The second-order valence-corrected chi connectivity index (χ2v) is 6.28. The number of hydrogen-bond donors (Lipinski definition) is 2. The second kappa shape index (κ2) is 9.20. The average molecular weight is 355 g/mol. The number of benzene rings is 1. The third-order valence-electron chi connectivity index (χ3n) is 4.24. The number of carbonyl (C=O) groups excluding carboxylic acids is 1. The van der Waals surface area contributed by atoms with Gasteiger partial charge in [-0.25, -0.2) is 4.98 Å². The Labute approximate surface area is 153 Å². The molecule has 0 aliphatic carbocycles. The van der Waals surface area contributed by atoms with Crippen LogP contribution in [-0.2, 0) is 11.3 Å². The fourth-order valence-corrected chi connectivity index (χ4v) is 2.94. The average Bonchev–Trinajstić information content (AvgIpc) is 3.15. The van der Waals surface area contributed by atoms with E-state index in [-0.39, 0.29) is 5.91 Å². The van der Waals surface area contributed by atoms with Crippen molar-refractivity contribution in [1.82, 2.24) is 15.6 Å². The van der Waals surface area contributed by atoms with Crippen LogP contribution < -0.4 is 20.1 Å². The maximum atomic E-state index is 12.0. The fraction of sp³-hybridized carbons (Fsp3) is 0.400. The zero-order valence-corrected chi connectivity index (χ0v) is 15.0. The molecular formula is C20H25N3O3. The van der Waals surface area contributed by atoms with Crippen molar-refractivity contribution < 1.29 is 14.3 Å². The highest BCUT2D eigenvalue weighted by Crippen LogP contribution is 2.23. The van der Waals surface area contributed by atoms with E-state index in [1.54, 1.807) is 6.20 Å². The Morgan fingerprint density at radius 3 is 2.81 bits per heavy atom. The number of nitrogens with one attached hydrogen (secondary N) is 2. The summed E-state index contributed by atoms with van der Waals surface area (Å²) >= 11 is 0.